The van der Waals surface area contributed by atoms with Gasteiger partial charge in [-0.3, -0.25) is 10.1 Å². The van der Waals surface area contributed by atoms with Crippen LogP contribution in [0.4, 0.5) is 11.4 Å². The van der Waals surface area contributed by atoms with Crippen LogP contribution < -0.4 is 16.4 Å². The lowest BCUT2D eigenvalue weighted by atomic mass is 9.68. The number of benzene rings is 1. The highest BCUT2D eigenvalue weighted by Gasteiger charge is 2.43. The van der Waals surface area contributed by atoms with Crippen LogP contribution in [0.15, 0.2) is 24.3 Å². The first-order valence-corrected chi connectivity index (χ1v) is 8.54. The fourth-order valence-corrected chi connectivity index (χ4v) is 4.19. The van der Waals surface area contributed by atoms with Gasteiger partial charge >= 0.3 is 0 Å². The molecule has 1 aromatic rings. The molecule has 126 valence electrons. The molecule has 1 saturated heterocycles. The zero-order chi connectivity index (χ0) is 16.4. The topological polar surface area (TPSA) is 98.4 Å². The van der Waals surface area contributed by atoms with E-state index in [1.54, 1.807) is 12.1 Å². The van der Waals surface area contributed by atoms with Gasteiger partial charge in [-0.05, 0) is 43.7 Å². The van der Waals surface area contributed by atoms with Crippen molar-refractivity contribution in [1.82, 2.24) is 0 Å². The summed E-state index contributed by atoms with van der Waals surface area (Å²) >= 11 is 0. The first-order chi connectivity index (χ1) is 11.0. The largest absolute Gasteiger partial charge is 0.371 e. The van der Waals surface area contributed by atoms with Gasteiger partial charge in [0.05, 0.1) is 4.92 Å². The summed E-state index contributed by atoms with van der Waals surface area (Å²) in [6.07, 6.45) is 6.58. The molecule has 4 N–H and O–H groups in total. The number of nitro groups is 1. The van der Waals surface area contributed by atoms with Crippen molar-refractivity contribution in [3.63, 3.8) is 0 Å². The van der Waals surface area contributed by atoms with Gasteiger partial charge in [0.25, 0.3) is 5.69 Å². The number of nitrogens with two attached hydrogens (primary N) is 2. The van der Waals surface area contributed by atoms with E-state index in [1.807, 2.05) is 12.1 Å². The molecule has 2 aliphatic rings. The van der Waals surface area contributed by atoms with Crippen LogP contribution in [0.1, 0.15) is 38.5 Å². The molecule has 1 saturated carbocycles. The first kappa shape index (κ1) is 16.2. The number of hydrogen-bond donors (Lipinski definition) is 2. The van der Waals surface area contributed by atoms with Crippen LogP contribution in [0.3, 0.4) is 0 Å². The van der Waals surface area contributed by atoms with Gasteiger partial charge in [0.2, 0.25) is 0 Å². The maximum absolute atomic E-state index is 10.8. The Hall–Kier alpha value is -1.66. The molecule has 23 heavy (non-hydrogen) atoms. The van der Waals surface area contributed by atoms with Crippen LogP contribution in [-0.4, -0.2) is 29.6 Å². The molecule has 1 heterocycles. The van der Waals surface area contributed by atoms with Crippen molar-refractivity contribution in [2.75, 3.05) is 18.0 Å². The van der Waals surface area contributed by atoms with Gasteiger partial charge in [-0.15, -0.1) is 0 Å². The summed E-state index contributed by atoms with van der Waals surface area (Å²) in [5.74, 6) is 0.391. The quantitative estimate of drug-likeness (QED) is 0.658. The third-order valence-corrected chi connectivity index (χ3v) is 5.67. The normalized spacial score (nSPS) is 31.8. The zero-order valence-electron chi connectivity index (χ0n) is 13.5. The molecule has 1 aliphatic heterocycles. The molecule has 0 bridgehead atoms. The average molecular weight is 318 g/mol. The maximum atomic E-state index is 10.8. The van der Waals surface area contributed by atoms with E-state index in [9.17, 15) is 10.1 Å². The van der Waals surface area contributed by atoms with E-state index in [-0.39, 0.29) is 22.2 Å². The lowest BCUT2D eigenvalue weighted by Crippen LogP contribution is -2.64. The van der Waals surface area contributed by atoms with Crippen molar-refractivity contribution < 1.29 is 4.92 Å². The second kappa shape index (κ2) is 6.45. The molecule has 6 heteroatoms. The SMILES string of the molecule is N[C@@H]1CCCC[C@@]1(N)C1CCCN(c2ccc([N+](=O)[O-])cc2)C1. The van der Waals surface area contributed by atoms with Gasteiger partial charge in [0, 0.05) is 42.5 Å². The minimum Gasteiger partial charge on any atom is -0.371 e. The number of rotatable bonds is 3. The molecule has 1 unspecified atom stereocenters. The molecular formula is C17H26N4O2. The Morgan fingerprint density at radius 3 is 2.57 bits per heavy atom. The van der Waals surface area contributed by atoms with E-state index >= 15 is 0 Å². The monoisotopic (exact) mass is 318 g/mol. The molecular weight excluding hydrogens is 292 g/mol. The fourth-order valence-electron chi connectivity index (χ4n) is 4.19. The Balaban J connectivity index is 1.74. The number of non-ortho nitro benzene ring substituents is 1. The van der Waals surface area contributed by atoms with Gasteiger partial charge in [-0.2, -0.15) is 0 Å². The fraction of sp³-hybridized carbons (Fsp3) is 0.647. The van der Waals surface area contributed by atoms with Crippen molar-refractivity contribution in [2.45, 2.75) is 50.1 Å². The predicted octanol–water partition coefficient (Wildman–Crippen LogP) is 2.41. The number of nitro benzene ring substituents is 1. The highest BCUT2D eigenvalue weighted by Crippen LogP contribution is 2.37. The summed E-state index contributed by atoms with van der Waals surface area (Å²) in [5, 5.41) is 10.8. The van der Waals surface area contributed by atoms with Gasteiger partial charge in [0.1, 0.15) is 0 Å². The Labute approximate surface area is 137 Å². The smallest absolute Gasteiger partial charge is 0.269 e. The van der Waals surface area contributed by atoms with E-state index in [4.69, 9.17) is 11.5 Å². The summed E-state index contributed by atoms with van der Waals surface area (Å²) in [4.78, 5) is 12.7. The Morgan fingerprint density at radius 2 is 1.91 bits per heavy atom. The summed E-state index contributed by atoms with van der Waals surface area (Å²) < 4.78 is 0. The van der Waals surface area contributed by atoms with E-state index in [2.05, 4.69) is 4.90 Å². The number of nitrogens with zero attached hydrogens (tertiary/aromatic N) is 2. The highest BCUT2D eigenvalue weighted by atomic mass is 16.6. The average Bonchev–Trinajstić information content (AvgIpc) is 2.58. The van der Waals surface area contributed by atoms with E-state index in [1.165, 1.54) is 6.42 Å². The van der Waals surface area contributed by atoms with Gasteiger partial charge in [0.15, 0.2) is 0 Å². The molecule has 0 radical (unpaired) electrons. The van der Waals surface area contributed by atoms with E-state index < -0.39 is 0 Å². The summed E-state index contributed by atoms with van der Waals surface area (Å²) in [7, 11) is 0. The summed E-state index contributed by atoms with van der Waals surface area (Å²) in [6.45, 7) is 1.86. The molecule has 0 amide bonds. The van der Waals surface area contributed by atoms with Crippen molar-refractivity contribution in [2.24, 2.45) is 17.4 Å². The second-order valence-electron chi connectivity index (χ2n) is 7.02. The molecule has 0 aromatic heterocycles. The molecule has 3 rings (SSSR count). The minimum absolute atomic E-state index is 0.0815. The predicted molar refractivity (Wildman–Crippen MR) is 91.4 cm³/mol. The Kier molecular flexibility index (Phi) is 4.55. The lowest BCUT2D eigenvalue weighted by Gasteiger charge is -2.49. The standard InChI is InChI=1S/C17H26N4O2/c18-16-5-1-2-10-17(16,19)13-4-3-11-20(12-13)14-6-8-15(9-7-14)21(22)23/h6-9,13,16H,1-5,10-12,18-19H2/t13?,16-,17-/m1/s1. The van der Waals surface area contributed by atoms with Crippen LogP contribution >= 0.6 is 0 Å². The molecule has 1 aromatic carbocycles. The zero-order valence-corrected chi connectivity index (χ0v) is 13.5. The van der Waals surface area contributed by atoms with E-state index in [0.29, 0.717) is 5.92 Å². The van der Waals surface area contributed by atoms with Gasteiger partial charge < -0.3 is 16.4 Å². The van der Waals surface area contributed by atoms with Crippen LogP contribution in [0, 0.1) is 16.0 Å². The number of piperidine rings is 1. The minimum atomic E-state index is -0.362. The Bertz CT molecular complexity index is 562. The summed E-state index contributed by atoms with van der Waals surface area (Å²) in [5.41, 5.74) is 14.0. The highest BCUT2D eigenvalue weighted by molar-refractivity contribution is 5.51. The van der Waals surface area contributed by atoms with Crippen molar-refractivity contribution in [3.05, 3.63) is 34.4 Å². The molecule has 0 spiro atoms. The maximum Gasteiger partial charge on any atom is 0.269 e. The summed E-state index contributed by atoms with van der Waals surface area (Å²) in [6, 6.07) is 6.90. The first-order valence-electron chi connectivity index (χ1n) is 8.54. The van der Waals surface area contributed by atoms with Crippen LogP contribution in [0.5, 0.6) is 0 Å². The van der Waals surface area contributed by atoms with Crippen molar-refractivity contribution in [3.8, 4) is 0 Å². The molecule has 1 aliphatic carbocycles. The third kappa shape index (κ3) is 3.19. The van der Waals surface area contributed by atoms with Crippen molar-refractivity contribution >= 4 is 11.4 Å². The third-order valence-electron chi connectivity index (χ3n) is 5.67. The van der Waals surface area contributed by atoms with Gasteiger partial charge in [-0.25, -0.2) is 0 Å². The number of hydrogen-bond acceptors (Lipinski definition) is 5. The van der Waals surface area contributed by atoms with E-state index in [0.717, 1.165) is 50.9 Å². The lowest BCUT2D eigenvalue weighted by molar-refractivity contribution is -0.384. The molecule has 6 nitrogen and oxygen atoms in total. The molecule has 3 atom stereocenters. The number of anilines is 1. The van der Waals surface area contributed by atoms with Crippen LogP contribution in [0.2, 0.25) is 0 Å². The second-order valence-corrected chi connectivity index (χ2v) is 7.02. The Morgan fingerprint density at radius 1 is 1.17 bits per heavy atom. The van der Waals surface area contributed by atoms with Crippen LogP contribution in [-0.2, 0) is 0 Å². The van der Waals surface area contributed by atoms with Crippen LogP contribution in [0.25, 0.3) is 0 Å². The van der Waals surface area contributed by atoms with Crippen molar-refractivity contribution in [1.29, 1.82) is 0 Å². The molecule has 2 fully saturated rings. The van der Waals surface area contributed by atoms with Gasteiger partial charge in [-0.1, -0.05) is 12.8 Å².